The van der Waals surface area contributed by atoms with Gasteiger partial charge in [0, 0.05) is 31.2 Å². The van der Waals surface area contributed by atoms with Crippen LogP contribution in [0.25, 0.3) is 0 Å². The first-order valence-electron chi connectivity index (χ1n) is 7.54. The van der Waals surface area contributed by atoms with Crippen LogP contribution in [-0.4, -0.2) is 28.0 Å². The van der Waals surface area contributed by atoms with Crippen molar-refractivity contribution in [1.29, 1.82) is 0 Å². The van der Waals surface area contributed by atoms with Crippen molar-refractivity contribution in [3.05, 3.63) is 48.0 Å². The van der Waals surface area contributed by atoms with Crippen LogP contribution in [-0.2, 0) is 17.8 Å². The molecular formula is C16H19N5O2. The van der Waals surface area contributed by atoms with E-state index >= 15 is 0 Å². The molecule has 1 aromatic carbocycles. The number of amides is 3. The molecule has 0 bridgehead atoms. The van der Waals surface area contributed by atoms with E-state index in [1.807, 2.05) is 35.9 Å². The molecule has 1 atom stereocenters. The van der Waals surface area contributed by atoms with Crippen LogP contribution in [0.3, 0.4) is 0 Å². The average Bonchev–Trinajstić information content (AvgIpc) is 3.14. The highest BCUT2D eigenvalue weighted by Gasteiger charge is 2.19. The molecule has 23 heavy (non-hydrogen) atoms. The second-order valence-electron chi connectivity index (χ2n) is 5.56. The minimum atomic E-state index is -0.215. The van der Waals surface area contributed by atoms with Crippen molar-refractivity contribution in [3.63, 3.8) is 0 Å². The number of fused-ring (bicyclic) bond motifs is 1. The van der Waals surface area contributed by atoms with E-state index in [0.29, 0.717) is 19.5 Å². The van der Waals surface area contributed by atoms with Gasteiger partial charge in [-0.3, -0.25) is 4.79 Å². The van der Waals surface area contributed by atoms with Gasteiger partial charge >= 0.3 is 6.03 Å². The number of rotatable bonds is 5. The minimum Gasteiger partial charge on any atom is -0.336 e. The van der Waals surface area contributed by atoms with Crippen molar-refractivity contribution in [1.82, 2.24) is 20.2 Å². The third kappa shape index (κ3) is 3.68. The molecule has 3 N–H and O–H groups in total. The number of benzene rings is 1. The Balaban J connectivity index is 1.50. The van der Waals surface area contributed by atoms with Crippen molar-refractivity contribution in [3.8, 4) is 0 Å². The molecule has 3 amide bonds. The standard InChI is InChI=1S/C16H19N5O2/c1-11(12-2-3-14-13(8-12)9-15(22)20-14)19-16(23)18-5-7-21-6-4-17-10-21/h2-4,6,8,10-11H,5,7,9H2,1H3,(H,20,22)(H2,18,19,23)/t11-/m1/s1. The summed E-state index contributed by atoms with van der Waals surface area (Å²) in [5.41, 5.74) is 2.81. The van der Waals surface area contributed by atoms with Gasteiger partial charge in [0.1, 0.15) is 0 Å². The highest BCUT2D eigenvalue weighted by Crippen LogP contribution is 2.26. The Morgan fingerprint density at radius 1 is 1.48 bits per heavy atom. The fourth-order valence-electron chi connectivity index (χ4n) is 2.57. The van der Waals surface area contributed by atoms with Gasteiger partial charge in [-0.2, -0.15) is 0 Å². The first-order valence-corrected chi connectivity index (χ1v) is 7.54. The van der Waals surface area contributed by atoms with E-state index in [1.165, 1.54) is 0 Å². The van der Waals surface area contributed by atoms with Crippen LogP contribution in [0.4, 0.5) is 10.5 Å². The molecule has 0 aliphatic carbocycles. The predicted molar refractivity (Wildman–Crippen MR) is 86.0 cm³/mol. The quantitative estimate of drug-likeness (QED) is 0.780. The molecule has 0 unspecified atom stereocenters. The van der Waals surface area contributed by atoms with Gasteiger partial charge < -0.3 is 20.5 Å². The fraction of sp³-hybridized carbons (Fsp3) is 0.312. The molecule has 7 heteroatoms. The Bertz CT molecular complexity index is 711. The van der Waals surface area contributed by atoms with Gasteiger partial charge in [0.15, 0.2) is 0 Å². The van der Waals surface area contributed by atoms with Crippen molar-refractivity contribution >= 4 is 17.6 Å². The zero-order chi connectivity index (χ0) is 16.2. The van der Waals surface area contributed by atoms with Gasteiger partial charge in [-0.1, -0.05) is 12.1 Å². The fourth-order valence-corrected chi connectivity index (χ4v) is 2.57. The van der Waals surface area contributed by atoms with Crippen LogP contribution < -0.4 is 16.0 Å². The highest BCUT2D eigenvalue weighted by molar-refractivity contribution is 5.99. The highest BCUT2D eigenvalue weighted by atomic mass is 16.2. The summed E-state index contributed by atoms with van der Waals surface area (Å²) in [5, 5.41) is 8.51. The summed E-state index contributed by atoms with van der Waals surface area (Å²) < 4.78 is 1.90. The largest absolute Gasteiger partial charge is 0.336 e. The van der Waals surface area contributed by atoms with Crippen LogP contribution in [0.15, 0.2) is 36.9 Å². The number of carbonyl (C=O) groups excluding carboxylic acids is 2. The third-order valence-electron chi connectivity index (χ3n) is 3.82. The van der Waals surface area contributed by atoms with Crippen LogP contribution in [0.2, 0.25) is 0 Å². The molecule has 0 radical (unpaired) electrons. The SMILES string of the molecule is C[C@@H](NC(=O)NCCn1ccnc1)c1ccc2c(c1)CC(=O)N2. The number of aromatic nitrogens is 2. The Hall–Kier alpha value is -2.83. The number of carbonyl (C=O) groups is 2. The van der Waals surface area contributed by atoms with Gasteiger partial charge in [-0.15, -0.1) is 0 Å². The molecule has 0 fully saturated rings. The topological polar surface area (TPSA) is 88.1 Å². The van der Waals surface area contributed by atoms with Gasteiger partial charge in [0.05, 0.1) is 18.8 Å². The molecule has 2 heterocycles. The van der Waals surface area contributed by atoms with E-state index in [9.17, 15) is 9.59 Å². The summed E-state index contributed by atoms with van der Waals surface area (Å²) in [5.74, 6) is 0.00927. The van der Waals surface area contributed by atoms with Crippen LogP contribution >= 0.6 is 0 Å². The first-order chi connectivity index (χ1) is 11.1. The van der Waals surface area contributed by atoms with Crippen molar-refractivity contribution in [2.24, 2.45) is 0 Å². The molecule has 7 nitrogen and oxygen atoms in total. The zero-order valence-electron chi connectivity index (χ0n) is 12.9. The van der Waals surface area contributed by atoms with E-state index in [2.05, 4.69) is 20.9 Å². The smallest absolute Gasteiger partial charge is 0.315 e. The molecule has 1 aliphatic heterocycles. The Labute approximate surface area is 134 Å². The molecule has 0 saturated heterocycles. The maximum atomic E-state index is 11.9. The summed E-state index contributed by atoms with van der Waals surface area (Å²) >= 11 is 0. The Morgan fingerprint density at radius 2 is 2.35 bits per heavy atom. The number of hydrogen-bond donors (Lipinski definition) is 3. The van der Waals surface area contributed by atoms with Gasteiger partial charge in [-0.05, 0) is 24.1 Å². The number of anilines is 1. The van der Waals surface area contributed by atoms with E-state index in [-0.39, 0.29) is 18.0 Å². The molecule has 1 aliphatic rings. The summed E-state index contributed by atoms with van der Waals surface area (Å²) in [6, 6.07) is 5.41. The number of hydrogen-bond acceptors (Lipinski definition) is 3. The second-order valence-corrected chi connectivity index (χ2v) is 5.56. The van der Waals surface area contributed by atoms with Crippen LogP contribution in [0.5, 0.6) is 0 Å². The Kier molecular flexibility index (Phi) is 4.27. The third-order valence-corrected chi connectivity index (χ3v) is 3.82. The van der Waals surface area contributed by atoms with Gasteiger partial charge in [0.25, 0.3) is 0 Å². The lowest BCUT2D eigenvalue weighted by Crippen LogP contribution is -2.38. The van der Waals surface area contributed by atoms with Gasteiger partial charge in [-0.25, -0.2) is 9.78 Å². The lowest BCUT2D eigenvalue weighted by molar-refractivity contribution is -0.115. The molecule has 3 rings (SSSR count). The second kappa shape index (κ2) is 6.51. The first kappa shape index (κ1) is 15.1. The van der Waals surface area contributed by atoms with E-state index in [0.717, 1.165) is 16.8 Å². The average molecular weight is 313 g/mol. The normalized spacial score (nSPS) is 14.0. The van der Waals surface area contributed by atoms with Crippen LogP contribution in [0, 0.1) is 0 Å². The van der Waals surface area contributed by atoms with E-state index in [4.69, 9.17) is 0 Å². The van der Waals surface area contributed by atoms with E-state index in [1.54, 1.807) is 12.5 Å². The summed E-state index contributed by atoms with van der Waals surface area (Å²) in [6.45, 7) is 3.12. The Morgan fingerprint density at radius 3 is 3.13 bits per heavy atom. The van der Waals surface area contributed by atoms with Gasteiger partial charge in [0.2, 0.25) is 5.91 Å². The lowest BCUT2D eigenvalue weighted by atomic mass is 10.0. The van der Waals surface area contributed by atoms with Crippen LogP contribution in [0.1, 0.15) is 24.1 Å². The predicted octanol–water partition coefficient (Wildman–Crippen LogP) is 1.44. The monoisotopic (exact) mass is 313 g/mol. The summed E-state index contributed by atoms with van der Waals surface area (Å²) in [6.07, 6.45) is 5.66. The van der Waals surface area contributed by atoms with Crippen molar-refractivity contribution in [2.75, 3.05) is 11.9 Å². The molecule has 120 valence electrons. The van der Waals surface area contributed by atoms with Crippen molar-refractivity contribution < 1.29 is 9.59 Å². The number of nitrogens with one attached hydrogen (secondary N) is 3. The molecule has 0 spiro atoms. The van der Waals surface area contributed by atoms with E-state index < -0.39 is 0 Å². The minimum absolute atomic E-state index is 0.00927. The number of nitrogens with zero attached hydrogens (tertiary/aromatic N) is 2. The maximum Gasteiger partial charge on any atom is 0.315 e. The van der Waals surface area contributed by atoms with Crippen molar-refractivity contribution in [2.45, 2.75) is 25.9 Å². The maximum absolute atomic E-state index is 11.9. The molecule has 1 aromatic heterocycles. The molecular weight excluding hydrogens is 294 g/mol. The lowest BCUT2D eigenvalue weighted by Gasteiger charge is -2.16. The summed E-state index contributed by atoms with van der Waals surface area (Å²) in [4.78, 5) is 27.3. The zero-order valence-corrected chi connectivity index (χ0v) is 12.9. The summed E-state index contributed by atoms with van der Waals surface area (Å²) in [7, 11) is 0. The number of urea groups is 1. The molecule has 2 aromatic rings. The molecule has 0 saturated carbocycles. The number of imidazole rings is 1.